The number of carbonyl (C=O) groups excluding carboxylic acids is 1. The summed E-state index contributed by atoms with van der Waals surface area (Å²) in [5, 5.41) is 7.13. The molecule has 0 radical (unpaired) electrons. The summed E-state index contributed by atoms with van der Waals surface area (Å²) in [7, 11) is 0. The van der Waals surface area contributed by atoms with Crippen molar-refractivity contribution in [2.75, 3.05) is 6.54 Å². The van der Waals surface area contributed by atoms with Gasteiger partial charge < -0.3 is 9.73 Å². The summed E-state index contributed by atoms with van der Waals surface area (Å²) in [5.74, 6) is 0.318. The summed E-state index contributed by atoms with van der Waals surface area (Å²) >= 11 is 0. The van der Waals surface area contributed by atoms with E-state index in [1.54, 1.807) is 25.1 Å². The molecule has 1 unspecified atom stereocenters. The molecule has 26 heavy (non-hydrogen) atoms. The lowest BCUT2D eigenvalue weighted by Gasteiger charge is -2.14. The molecule has 6 heteroatoms. The van der Waals surface area contributed by atoms with Gasteiger partial charge in [0.25, 0.3) is 5.56 Å². The van der Waals surface area contributed by atoms with E-state index in [1.165, 1.54) is 22.6 Å². The van der Waals surface area contributed by atoms with Gasteiger partial charge in [-0.05, 0) is 43.5 Å². The molecule has 0 saturated heterocycles. The summed E-state index contributed by atoms with van der Waals surface area (Å²) in [6.45, 7) is 2.21. The first-order chi connectivity index (χ1) is 12.6. The minimum Gasteiger partial charge on any atom is -0.463 e. The number of rotatable bonds is 7. The lowest BCUT2D eigenvalue weighted by molar-refractivity contribution is -0.124. The molecule has 1 amide bonds. The molecule has 2 aromatic heterocycles. The van der Waals surface area contributed by atoms with Gasteiger partial charge in [-0.25, -0.2) is 4.68 Å². The normalized spacial score (nSPS) is 11.9. The number of nitrogens with one attached hydrogen (secondary N) is 1. The van der Waals surface area contributed by atoms with Crippen LogP contribution in [0, 0.1) is 0 Å². The molecule has 2 heterocycles. The van der Waals surface area contributed by atoms with Crippen molar-refractivity contribution in [3.05, 3.63) is 76.8 Å². The van der Waals surface area contributed by atoms with Crippen LogP contribution in [-0.4, -0.2) is 22.2 Å². The Labute approximate surface area is 151 Å². The lowest BCUT2D eigenvalue weighted by atomic mass is 10.1. The van der Waals surface area contributed by atoms with Crippen LogP contribution in [-0.2, 0) is 11.2 Å². The second-order valence-corrected chi connectivity index (χ2v) is 6.03. The highest BCUT2D eigenvalue weighted by Gasteiger charge is 2.18. The van der Waals surface area contributed by atoms with Gasteiger partial charge in [-0.15, -0.1) is 0 Å². The first-order valence-corrected chi connectivity index (χ1v) is 8.60. The van der Waals surface area contributed by atoms with Crippen LogP contribution in [0.2, 0.25) is 0 Å². The van der Waals surface area contributed by atoms with E-state index in [1.807, 2.05) is 18.2 Å². The summed E-state index contributed by atoms with van der Waals surface area (Å²) in [5.41, 5.74) is 1.42. The molecule has 0 aliphatic carbocycles. The number of amides is 1. The van der Waals surface area contributed by atoms with Gasteiger partial charge in [0.15, 0.2) is 5.76 Å². The maximum Gasteiger partial charge on any atom is 0.267 e. The highest BCUT2D eigenvalue weighted by molar-refractivity contribution is 5.79. The highest BCUT2D eigenvalue weighted by atomic mass is 16.3. The molecule has 0 spiro atoms. The SMILES string of the molecule is CC(C(=O)NCCCc1ccccc1)n1nc(-c2ccco2)ccc1=O. The monoisotopic (exact) mass is 351 g/mol. The predicted octanol–water partition coefficient (Wildman–Crippen LogP) is 2.81. The Morgan fingerprint density at radius 3 is 2.69 bits per heavy atom. The van der Waals surface area contributed by atoms with Gasteiger partial charge in [0.1, 0.15) is 11.7 Å². The molecule has 0 saturated carbocycles. The Morgan fingerprint density at radius 1 is 1.15 bits per heavy atom. The number of furan rings is 1. The van der Waals surface area contributed by atoms with E-state index >= 15 is 0 Å². The lowest BCUT2D eigenvalue weighted by Crippen LogP contribution is -2.37. The Bertz CT molecular complexity index is 902. The van der Waals surface area contributed by atoms with E-state index in [0.717, 1.165) is 12.8 Å². The van der Waals surface area contributed by atoms with Crippen molar-refractivity contribution in [3.8, 4) is 11.5 Å². The van der Waals surface area contributed by atoms with E-state index in [9.17, 15) is 9.59 Å². The maximum atomic E-state index is 12.4. The second kappa shape index (κ2) is 8.29. The van der Waals surface area contributed by atoms with Gasteiger partial charge in [-0.2, -0.15) is 5.10 Å². The predicted molar refractivity (Wildman–Crippen MR) is 98.7 cm³/mol. The highest BCUT2D eigenvalue weighted by Crippen LogP contribution is 2.16. The molecule has 1 atom stereocenters. The molecule has 3 aromatic rings. The third-order valence-corrected chi connectivity index (χ3v) is 4.13. The second-order valence-electron chi connectivity index (χ2n) is 6.03. The summed E-state index contributed by atoms with van der Waals surface area (Å²) in [4.78, 5) is 24.5. The van der Waals surface area contributed by atoms with Crippen LogP contribution < -0.4 is 10.9 Å². The van der Waals surface area contributed by atoms with Crippen LogP contribution in [0.15, 0.2) is 70.1 Å². The number of aryl methyl sites for hydroxylation is 1. The molecule has 0 bridgehead atoms. The van der Waals surface area contributed by atoms with Gasteiger partial charge >= 0.3 is 0 Å². The summed E-state index contributed by atoms with van der Waals surface area (Å²) in [6.07, 6.45) is 3.26. The number of aromatic nitrogens is 2. The Balaban J connectivity index is 1.59. The molecule has 0 aliphatic rings. The van der Waals surface area contributed by atoms with Crippen molar-refractivity contribution in [3.63, 3.8) is 0 Å². The zero-order chi connectivity index (χ0) is 18.4. The van der Waals surface area contributed by atoms with E-state index in [2.05, 4.69) is 22.5 Å². The van der Waals surface area contributed by atoms with Gasteiger partial charge in [0.2, 0.25) is 5.91 Å². The first-order valence-electron chi connectivity index (χ1n) is 8.60. The maximum absolute atomic E-state index is 12.4. The van der Waals surface area contributed by atoms with Crippen molar-refractivity contribution in [2.45, 2.75) is 25.8 Å². The molecule has 3 rings (SSSR count). The number of nitrogens with zero attached hydrogens (tertiary/aromatic N) is 2. The Morgan fingerprint density at radius 2 is 1.96 bits per heavy atom. The smallest absolute Gasteiger partial charge is 0.267 e. The van der Waals surface area contributed by atoms with Gasteiger partial charge in [0, 0.05) is 12.6 Å². The quantitative estimate of drug-likeness (QED) is 0.664. The van der Waals surface area contributed by atoms with Crippen LogP contribution in [0.4, 0.5) is 0 Å². The van der Waals surface area contributed by atoms with E-state index in [0.29, 0.717) is 18.0 Å². The van der Waals surface area contributed by atoms with Gasteiger partial charge in [-0.1, -0.05) is 30.3 Å². The minimum atomic E-state index is -0.700. The molecule has 1 aromatic carbocycles. The van der Waals surface area contributed by atoms with E-state index < -0.39 is 6.04 Å². The van der Waals surface area contributed by atoms with Crippen LogP contribution in [0.1, 0.15) is 24.9 Å². The fraction of sp³-hybridized carbons (Fsp3) is 0.250. The fourth-order valence-electron chi connectivity index (χ4n) is 2.67. The van der Waals surface area contributed by atoms with Crippen LogP contribution in [0.5, 0.6) is 0 Å². The third-order valence-electron chi connectivity index (χ3n) is 4.13. The van der Waals surface area contributed by atoms with Crippen molar-refractivity contribution < 1.29 is 9.21 Å². The Hall–Kier alpha value is -3.15. The minimum absolute atomic E-state index is 0.232. The molecule has 6 nitrogen and oxygen atoms in total. The van der Waals surface area contributed by atoms with Gasteiger partial charge in [-0.3, -0.25) is 9.59 Å². The molecule has 1 N–H and O–H groups in total. The van der Waals surface area contributed by atoms with E-state index in [4.69, 9.17) is 4.42 Å². The zero-order valence-electron chi connectivity index (χ0n) is 14.6. The topological polar surface area (TPSA) is 77.1 Å². The molecular weight excluding hydrogens is 330 g/mol. The van der Waals surface area contributed by atoms with Crippen molar-refractivity contribution in [2.24, 2.45) is 0 Å². The standard InChI is InChI=1S/C20H21N3O3/c1-15(20(25)21-13-5-9-16-7-3-2-4-8-16)23-19(24)12-11-17(22-23)18-10-6-14-26-18/h2-4,6-8,10-12,14-15H,5,9,13H2,1H3,(H,21,25). The third kappa shape index (κ3) is 4.27. The average Bonchev–Trinajstić information content (AvgIpc) is 3.20. The first kappa shape index (κ1) is 17.7. The van der Waals surface area contributed by atoms with Crippen molar-refractivity contribution in [1.82, 2.24) is 15.1 Å². The Kier molecular flexibility index (Phi) is 5.63. The van der Waals surface area contributed by atoms with E-state index in [-0.39, 0.29) is 11.5 Å². The molecule has 134 valence electrons. The largest absolute Gasteiger partial charge is 0.463 e. The number of benzene rings is 1. The molecule has 0 fully saturated rings. The van der Waals surface area contributed by atoms with Crippen LogP contribution >= 0.6 is 0 Å². The number of carbonyl (C=O) groups is 1. The molecule has 0 aliphatic heterocycles. The fourth-order valence-corrected chi connectivity index (χ4v) is 2.67. The van der Waals surface area contributed by atoms with Crippen LogP contribution in [0.25, 0.3) is 11.5 Å². The van der Waals surface area contributed by atoms with Gasteiger partial charge in [0.05, 0.1) is 6.26 Å². The summed E-state index contributed by atoms with van der Waals surface area (Å²) < 4.78 is 6.48. The van der Waals surface area contributed by atoms with Crippen LogP contribution in [0.3, 0.4) is 0 Å². The summed E-state index contributed by atoms with van der Waals surface area (Å²) in [6, 6.07) is 15.9. The zero-order valence-corrected chi connectivity index (χ0v) is 14.6. The van der Waals surface area contributed by atoms with Crippen molar-refractivity contribution >= 4 is 5.91 Å². The molecular formula is C20H21N3O3. The number of hydrogen-bond acceptors (Lipinski definition) is 4. The number of hydrogen-bond donors (Lipinski definition) is 1. The average molecular weight is 351 g/mol. The van der Waals surface area contributed by atoms with Crippen molar-refractivity contribution in [1.29, 1.82) is 0 Å².